The third-order valence-electron chi connectivity index (χ3n) is 6.13. The molecule has 13 heteroatoms. The van der Waals surface area contributed by atoms with Gasteiger partial charge in [0.25, 0.3) is 0 Å². The molecule has 198 valence electrons. The number of aliphatic hydroxyl groups is 1. The summed E-state index contributed by atoms with van der Waals surface area (Å²) in [5, 5.41) is 12.8. The first-order valence-corrected chi connectivity index (χ1v) is 13.4. The Balaban J connectivity index is 1.51. The van der Waals surface area contributed by atoms with Gasteiger partial charge in [-0.2, -0.15) is 5.09 Å². The van der Waals surface area contributed by atoms with Crippen molar-refractivity contribution in [2.24, 2.45) is 11.8 Å². The van der Waals surface area contributed by atoms with Gasteiger partial charge >= 0.3 is 13.7 Å². The summed E-state index contributed by atoms with van der Waals surface area (Å²) in [4.78, 5) is 24.9. The SMILES string of the molecule is C=C1[C@@H](n2cnc3c(N)ncnc32)[C@H](CO)[C@H]1COP(=O)(N[C@@H](C)C(=O)OC(C)C)Oc1ccccc1. The van der Waals surface area contributed by atoms with E-state index in [1.807, 2.05) is 0 Å². The Labute approximate surface area is 214 Å². The maximum atomic E-state index is 13.8. The Morgan fingerprint density at radius 3 is 2.65 bits per heavy atom. The number of ether oxygens (including phenoxy) is 1. The number of fused-ring (bicyclic) bond motifs is 1. The summed E-state index contributed by atoms with van der Waals surface area (Å²) in [6.45, 7) is 8.87. The number of anilines is 1. The quantitative estimate of drug-likeness (QED) is 0.190. The minimum absolute atomic E-state index is 0.0760. The van der Waals surface area contributed by atoms with Crippen molar-refractivity contribution < 1.29 is 28.3 Å². The number of nitrogens with one attached hydrogen (secondary N) is 1. The molecule has 1 unspecified atom stereocenters. The summed E-state index contributed by atoms with van der Waals surface area (Å²) in [6.07, 6.45) is 2.59. The molecule has 4 rings (SSSR count). The van der Waals surface area contributed by atoms with E-state index in [0.717, 1.165) is 5.57 Å². The van der Waals surface area contributed by atoms with E-state index in [4.69, 9.17) is 19.5 Å². The van der Waals surface area contributed by atoms with Gasteiger partial charge in [0.1, 0.15) is 23.6 Å². The monoisotopic (exact) mass is 530 g/mol. The molecule has 12 nitrogen and oxygen atoms in total. The van der Waals surface area contributed by atoms with Crippen LogP contribution < -0.4 is 15.3 Å². The van der Waals surface area contributed by atoms with Crippen molar-refractivity contribution in [1.82, 2.24) is 24.6 Å². The number of nitrogens with zero attached hydrogens (tertiary/aromatic N) is 4. The lowest BCUT2D eigenvalue weighted by molar-refractivity contribution is -0.149. The van der Waals surface area contributed by atoms with Crippen molar-refractivity contribution in [3.63, 3.8) is 0 Å². The van der Waals surface area contributed by atoms with E-state index in [0.29, 0.717) is 16.9 Å². The summed E-state index contributed by atoms with van der Waals surface area (Å²) in [5.74, 6) is -0.711. The second-order valence-corrected chi connectivity index (χ2v) is 10.8. The molecule has 0 saturated heterocycles. The van der Waals surface area contributed by atoms with E-state index in [2.05, 4.69) is 26.6 Å². The molecule has 37 heavy (non-hydrogen) atoms. The number of benzene rings is 1. The van der Waals surface area contributed by atoms with Gasteiger partial charge in [-0.05, 0) is 38.5 Å². The van der Waals surface area contributed by atoms with E-state index in [9.17, 15) is 14.5 Å². The highest BCUT2D eigenvalue weighted by Gasteiger charge is 2.47. The molecule has 4 N–H and O–H groups in total. The minimum Gasteiger partial charge on any atom is -0.462 e. The zero-order valence-corrected chi connectivity index (χ0v) is 21.7. The fraction of sp³-hybridized carbons (Fsp3) is 0.417. The highest BCUT2D eigenvalue weighted by atomic mass is 31.2. The van der Waals surface area contributed by atoms with Gasteiger partial charge in [-0.1, -0.05) is 24.8 Å². The number of nitrogens with two attached hydrogens (primary N) is 1. The van der Waals surface area contributed by atoms with Crippen LogP contribution in [0.15, 0.2) is 55.1 Å². The molecule has 1 aromatic carbocycles. The van der Waals surface area contributed by atoms with Gasteiger partial charge < -0.3 is 24.7 Å². The average Bonchev–Trinajstić information content (AvgIpc) is 3.27. The lowest BCUT2D eigenvalue weighted by Gasteiger charge is -2.46. The van der Waals surface area contributed by atoms with Crippen LogP contribution >= 0.6 is 7.75 Å². The molecule has 5 atom stereocenters. The molecule has 0 radical (unpaired) electrons. The van der Waals surface area contributed by atoms with Crippen molar-refractivity contribution in [1.29, 1.82) is 0 Å². The van der Waals surface area contributed by atoms with Crippen LogP contribution in [0, 0.1) is 11.8 Å². The number of nitrogen functional groups attached to an aromatic ring is 1. The number of para-hydroxylation sites is 1. The first kappa shape index (κ1) is 26.7. The van der Waals surface area contributed by atoms with Crippen LogP contribution in [0.1, 0.15) is 26.8 Å². The highest BCUT2D eigenvalue weighted by Crippen LogP contribution is 2.52. The largest absolute Gasteiger partial charge is 0.462 e. The predicted molar refractivity (Wildman–Crippen MR) is 136 cm³/mol. The highest BCUT2D eigenvalue weighted by molar-refractivity contribution is 7.52. The predicted octanol–water partition coefficient (Wildman–Crippen LogP) is 2.88. The third-order valence-corrected chi connectivity index (χ3v) is 7.77. The number of carbonyl (C=O) groups excluding carboxylic acids is 1. The summed E-state index contributed by atoms with van der Waals surface area (Å²) in [5.41, 5.74) is 7.61. The van der Waals surface area contributed by atoms with Crippen molar-refractivity contribution >= 4 is 30.7 Å². The molecule has 1 aliphatic rings. The van der Waals surface area contributed by atoms with Crippen molar-refractivity contribution in [2.45, 2.75) is 39.0 Å². The average molecular weight is 531 g/mol. The van der Waals surface area contributed by atoms with Gasteiger partial charge in [0.2, 0.25) is 0 Å². The van der Waals surface area contributed by atoms with Gasteiger partial charge in [-0.25, -0.2) is 19.5 Å². The zero-order valence-electron chi connectivity index (χ0n) is 20.9. The Hall–Kier alpha value is -3.31. The Morgan fingerprint density at radius 2 is 1.97 bits per heavy atom. The normalized spacial score (nSPS) is 21.9. The molecule has 1 aliphatic carbocycles. The fourth-order valence-corrected chi connectivity index (χ4v) is 5.82. The second-order valence-electron chi connectivity index (χ2n) is 9.09. The Kier molecular flexibility index (Phi) is 7.93. The number of aliphatic hydroxyl groups excluding tert-OH is 1. The molecule has 3 aromatic rings. The molecule has 0 bridgehead atoms. The molecule has 0 amide bonds. The van der Waals surface area contributed by atoms with Gasteiger partial charge in [0.05, 0.1) is 25.1 Å². The Morgan fingerprint density at radius 1 is 1.24 bits per heavy atom. The summed E-state index contributed by atoms with van der Waals surface area (Å²) in [7, 11) is -4.05. The summed E-state index contributed by atoms with van der Waals surface area (Å²) >= 11 is 0. The number of carbonyl (C=O) groups is 1. The third kappa shape index (κ3) is 5.67. The summed E-state index contributed by atoms with van der Waals surface area (Å²) in [6, 6.07) is 7.20. The smallest absolute Gasteiger partial charge is 0.459 e. The zero-order chi connectivity index (χ0) is 26.7. The van der Waals surface area contributed by atoms with Crippen molar-refractivity contribution in [3.8, 4) is 5.75 Å². The molecule has 0 aliphatic heterocycles. The van der Waals surface area contributed by atoms with Crippen LogP contribution in [0.3, 0.4) is 0 Å². The molecule has 2 aromatic heterocycles. The van der Waals surface area contributed by atoms with Gasteiger partial charge in [-0.15, -0.1) is 0 Å². The van der Waals surface area contributed by atoms with Crippen molar-refractivity contribution in [2.75, 3.05) is 18.9 Å². The van der Waals surface area contributed by atoms with E-state index in [1.165, 1.54) is 13.3 Å². The Bertz CT molecular complexity index is 1320. The van der Waals surface area contributed by atoms with E-state index in [-0.39, 0.29) is 43.0 Å². The number of imidazole rings is 1. The van der Waals surface area contributed by atoms with Crippen LogP contribution in [-0.2, 0) is 18.6 Å². The fourth-order valence-electron chi connectivity index (χ4n) is 4.30. The number of hydrogen-bond donors (Lipinski definition) is 3. The molecule has 0 spiro atoms. The maximum Gasteiger partial charge on any atom is 0.459 e. The maximum absolute atomic E-state index is 13.8. The van der Waals surface area contributed by atoms with Gasteiger partial charge in [-0.3, -0.25) is 9.32 Å². The molecule has 1 saturated carbocycles. The molecule has 1 fully saturated rings. The van der Waals surface area contributed by atoms with Crippen LogP contribution in [-0.4, -0.2) is 56.0 Å². The lowest BCUT2D eigenvalue weighted by Crippen LogP contribution is -2.45. The van der Waals surface area contributed by atoms with E-state index >= 15 is 0 Å². The minimum atomic E-state index is -4.05. The standard InChI is InChI=1S/C24H31N6O6P/c1-14(2)35-24(32)16(4)29-37(33,36-17-8-6-5-7-9-17)34-11-19-15(3)21(18(19)10-31)30-13-28-20-22(25)26-12-27-23(20)30/h5-9,12-14,16,18-19,21,31H,3,10-11H2,1-2,4H3,(H,29,33)(H2,25,26,27)/t16-,18+,19-,21+,37?/m0/s1. The van der Waals surface area contributed by atoms with Crippen LogP contribution in [0.5, 0.6) is 5.75 Å². The van der Waals surface area contributed by atoms with Gasteiger partial charge in [0.15, 0.2) is 11.5 Å². The first-order chi connectivity index (χ1) is 17.6. The molecule has 2 heterocycles. The number of rotatable bonds is 11. The number of aromatic nitrogens is 4. The first-order valence-electron chi connectivity index (χ1n) is 11.8. The van der Waals surface area contributed by atoms with E-state index in [1.54, 1.807) is 55.1 Å². The topological polar surface area (TPSA) is 164 Å². The van der Waals surface area contributed by atoms with Crippen LogP contribution in [0.4, 0.5) is 5.82 Å². The van der Waals surface area contributed by atoms with Crippen LogP contribution in [0.2, 0.25) is 0 Å². The van der Waals surface area contributed by atoms with E-state index < -0.39 is 19.8 Å². The molecular weight excluding hydrogens is 499 g/mol. The van der Waals surface area contributed by atoms with Gasteiger partial charge in [0, 0.05) is 18.4 Å². The summed E-state index contributed by atoms with van der Waals surface area (Å²) < 4.78 is 32.3. The van der Waals surface area contributed by atoms with Crippen LogP contribution in [0.25, 0.3) is 11.2 Å². The number of hydrogen-bond acceptors (Lipinski definition) is 10. The lowest BCUT2D eigenvalue weighted by atomic mass is 9.66. The van der Waals surface area contributed by atoms with Crippen molar-refractivity contribution in [3.05, 3.63) is 55.1 Å². The molecular formula is C24H31N6O6P. The number of esters is 1. The second kappa shape index (κ2) is 11.0.